The van der Waals surface area contributed by atoms with Gasteiger partial charge in [-0.25, -0.2) is 12.8 Å². The minimum absolute atomic E-state index is 0.0796. The molecule has 0 saturated carbocycles. The highest BCUT2D eigenvalue weighted by Crippen LogP contribution is 2.23. The predicted molar refractivity (Wildman–Crippen MR) is 71.5 cm³/mol. The molecule has 1 aromatic rings. The number of nitrogen functional groups attached to an aromatic ring is 1. The second-order valence-corrected chi connectivity index (χ2v) is 7.25. The Balaban J connectivity index is 2.80. The van der Waals surface area contributed by atoms with Crippen LogP contribution in [0.4, 0.5) is 10.1 Å². The number of rotatable bonds is 5. The maximum Gasteiger partial charge on any atom is 0.178 e. The van der Waals surface area contributed by atoms with E-state index >= 15 is 0 Å². The van der Waals surface area contributed by atoms with Crippen molar-refractivity contribution in [2.75, 3.05) is 11.5 Å². The second-order valence-electron chi connectivity index (χ2n) is 5.14. The van der Waals surface area contributed by atoms with E-state index in [1.807, 2.05) is 0 Å². The molecular formula is C13H17FN2O2S. The zero-order valence-corrected chi connectivity index (χ0v) is 11.8. The first-order chi connectivity index (χ1) is 8.66. The van der Waals surface area contributed by atoms with Gasteiger partial charge in [-0.3, -0.25) is 0 Å². The third-order valence-electron chi connectivity index (χ3n) is 2.77. The fourth-order valence-corrected chi connectivity index (χ4v) is 3.01. The van der Waals surface area contributed by atoms with Crippen LogP contribution in [0.5, 0.6) is 0 Å². The van der Waals surface area contributed by atoms with E-state index in [1.54, 1.807) is 13.8 Å². The third-order valence-corrected chi connectivity index (χ3v) is 4.55. The predicted octanol–water partition coefficient (Wildman–Crippen LogP) is 2.51. The highest BCUT2D eigenvalue weighted by Gasteiger charge is 2.20. The Bertz CT molecular complexity index is 583. The topological polar surface area (TPSA) is 84.0 Å². The first-order valence-corrected chi connectivity index (χ1v) is 7.52. The summed E-state index contributed by atoms with van der Waals surface area (Å²) in [6, 6.07) is 5.38. The molecule has 0 aliphatic heterocycles. The molecule has 0 aliphatic carbocycles. The molecule has 0 bridgehead atoms. The second kappa shape index (κ2) is 5.57. The van der Waals surface area contributed by atoms with Gasteiger partial charge in [-0.1, -0.05) is 0 Å². The van der Waals surface area contributed by atoms with Crippen LogP contribution in [0, 0.1) is 22.6 Å². The summed E-state index contributed by atoms with van der Waals surface area (Å²) in [6.07, 6.45) is 0.812. The largest absolute Gasteiger partial charge is 0.399 e. The minimum Gasteiger partial charge on any atom is -0.399 e. The van der Waals surface area contributed by atoms with Crippen LogP contribution in [0.2, 0.25) is 0 Å². The van der Waals surface area contributed by atoms with Gasteiger partial charge >= 0.3 is 0 Å². The molecule has 0 heterocycles. The molecular weight excluding hydrogens is 267 g/mol. The Kier molecular flexibility index (Phi) is 4.53. The summed E-state index contributed by atoms with van der Waals surface area (Å²) < 4.78 is 37.1. The third kappa shape index (κ3) is 4.52. The number of nitrogens with zero attached hydrogens (tertiary/aromatic N) is 1. The van der Waals surface area contributed by atoms with Gasteiger partial charge in [0.05, 0.1) is 22.1 Å². The van der Waals surface area contributed by atoms with Crippen molar-refractivity contribution in [2.45, 2.75) is 31.6 Å². The van der Waals surface area contributed by atoms with Crippen molar-refractivity contribution in [3.63, 3.8) is 0 Å². The van der Waals surface area contributed by atoms with Crippen LogP contribution >= 0.6 is 0 Å². The number of nitrogens with two attached hydrogens (primary N) is 1. The number of hydrogen-bond acceptors (Lipinski definition) is 4. The molecule has 19 heavy (non-hydrogen) atoms. The molecule has 0 amide bonds. The SMILES string of the molecule is CC(C)(C#N)CCCS(=O)(=O)c1cc(N)cc(F)c1. The summed E-state index contributed by atoms with van der Waals surface area (Å²) in [6.45, 7) is 3.50. The van der Waals surface area contributed by atoms with Gasteiger partial charge in [0, 0.05) is 5.69 Å². The van der Waals surface area contributed by atoms with Gasteiger partial charge in [0.1, 0.15) is 5.82 Å². The standard InChI is InChI=1S/C13H17FN2O2S/c1-13(2,9-15)4-3-5-19(17,18)12-7-10(14)6-11(16)8-12/h6-8H,3-5,16H2,1-2H3. The molecule has 1 rings (SSSR count). The van der Waals surface area contributed by atoms with E-state index < -0.39 is 21.1 Å². The van der Waals surface area contributed by atoms with Gasteiger partial charge < -0.3 is 5.73 Å². The molecule has 0 saturated heterocycles. The molecule has 0 fully saturated rings. The molecule has 0 aliphatic rings. The van der Waals surface area contributed by atoms with Crippen molar-refractivity contribution in [3.05, 3.63) is 24.0 Å². The van der Waals surface area contributed by atoms with Crippen LogP contribution in [0.3, 0.4) is 0 Å². The summed E-state index contributed by atoms with van der Waals surface area (Å²) in [5.41, 5.74) is 4.95. The summed E-state index contributed by atoms with van der Waals surface area (Å²) in [7, 11) is -3.57. The Hall–Kier alpha value is -1.61. The smallest absolute Gasteiger partial charge is 0.178 e. The van der Waals surface area contributed by atoms with Gasteiger partial charge in [0.25, 0.3) is 0 Å². The number of halogens is 1. The van der Waals surface area contributed by atoms with E-state index in [0.29, 0.717) is 12.8 Å². The monoisotopic (exact) mass is 284 g/mol. The molecule has 0 unspecified atom stereocenters. The van der Waals surface area contributed by atoms with E-state index in [4.69, 9.17) is 11.0 Å². The number of nitriles is 1. The number of hydrogen-bond donors (Lipinski definition) is 1. The van der Waals surface area contributed by atoms with Gasteiger partial charge in [-0.05, 0) is 44.9 Å². The molecule has 4 nitrogen and oxygen atoms in total. The van der Waals surface area contributed by atoms with Crippen molar-refractivity contribution >= 4 is 15.5 Å². The number of benzene rings is 1. The van der Waals surface area contributed by atoms with Crippen LogP contribution in [-0.4, -0.2) is 14.2 Å². The van der Waals surface area contributed by atoms with Crippen LogP contribution < -0.4 is 5.73 Å². The maximum atomic E-state index is 13.1. The molecule has 0 aromatic heterocycles. The lowest BCUT2D eigenvalue weighted by Crippen LogP contribution is -2.13. The zero-order chi connectivity index (χ0) is 14.7. The van der Waals surface area contributed by atoms with Crippen LogP contribution in [0.25, 0.3) is 0 Å². The average Bonchev–Trinajstić information content (AvgIpc) is 2.27. The Morgan fingerprint density at radius 3 is 2.53 bits per heavy atom. The minimum atomic E-state index is -3.57. The first kappa shape index (κ1) is 15.4. The summed E-state index contributed by atoms with van der Waals surface area (Å²) >= 11 is 0. The number of anilines is 1. The Labute approximate surface area is 113 Å². The lowest BCUT2D eigenvalue weighted by molar-refractivity contribution is 0.445. The van der Waals surface area contributed by atoms with Gasteiger partial charge in [-0.2, -0.15) is 5.26 Å². The average molecular weight is 284 g/mol. The Morgan fingerprint density at radius 1 is 1.37 bits per heavy atom. The molecule has 2 N–H and O–H groups in total. The fourth-order valence-electron chi connectivity index (χ4n) is 1.64. The van der Waals surface area contributed by atoms with Crippen LogP contribution in [0.1, 0.15) is 26.7 Å². The van der Waals surface area contributed by atoms with Crippen molar-refractivity contribution in [1.82, 2.24) is 0 Å². The fraction of sp³-hybridized carbons (Fsp3) is 0.462. The van der Waals surface area contributed by atoms with Crippen molar-refractivity contribution < 1.29 is 12.8 Å². The molecule has 0 spiro atoms. The first-order valence-electron chi connectivity index (χ1n) is 5.86. The van der Waals surface area contributed by atoms with Crippen molar-refractivity contribution in [2.24, 2.45) is 5.41 Å². The maximum absolute atomic E-state index is 13.1. The van der Waals surface area contributed by atoms with E-state index in [9.17, 15) is 12.8 Å². The van der Waals surface area contributed by atoms with E-state index in [1.165, 1.54) is 6.07 Å². The molecule has 104 valence electrons. The van der Waals surface area contributed by atoms with Crippen LogP contribution in [0.15, 0.2) is 23.1 Å². The molecule has 1 aromatic carbocycles. The van der Waals surface area contributed by atoms with Crippen LogP contribution in [-0.2, 0) is 9.84 Å². The normalized spacial score (nSPS) is 12.1. The Morgan fingerprint density at radius 2 is 2.00 bits per heavy atom. The summed E-state index contributed by atoms with van der Waals surface area (Å²) in [5, 5.41) is 8.85. The lowest BCUT2D eigenvalue weighted by Gasteiger charge is -2.14. The summed E-state index contributed by atoms with van der Waals surface area (Å²) in [5.74, 6) is -0.794. The van der Waals surface area contributed by atoms with E-state index in [0.717, 1.165) is 12.1 Å². The van der Waals surface area contributed by atoms with Crippen molar-refractivity contribution in [1.29, 1.82) is 5.26 Å². The van der Waals surface area contributed by atoms with E-state index in [-0.39, 0.29) is 16.3 Å². The molecule has 6 heteroatoms. The van der Waals surface area contributed by atoms with Gasteiger partial charge in [0.15, 0.2) is 9.84 Å². The zero-order valence-electron chi connectivity index (χ0n) is 11.0. The molecule has 0 atom stereocenters. The highest BCUT2D eigenvalue weighted by molar-refractivity contribution is 7.91. The molecule has 0 radical (unpaired) electrons. The highest BCUT2D eigenvalue weighted by atomic mass is 32.2. The lowest BCUT2D eigenvalue weighted by atomic mass is 9.90. The van der Waals surface area contributed by atoms with Crippen molar-refractivity contribution in [3.8, 4) is 6.07 Å². The van der Waals surface area contributed by atoms with Gasteiger partial charge in [0.2, 0.25) is 0 Å². The summed E-state index contributed by atoms with van der Waals surface area (Å²) in [4.78, 5) is -0.111. The van der Waals surface area contributed by atoms with E-state index in [2.05, 4.69) is 6.07 Å². The quantitative estimate of drug-likeness (QED) is 0.842. The van der Waals surface area contributed by atoms with Gasteiger partial charge in [-0.15, -0.1) is 0 Å². The number of sulfone groups is 1.